The number of aliphatic carboxylic acids is 1. The minimum atomic E-state index is -1.25. The number of carboxylic acids is 1. The van der Waals surface area contributed by atoms with Gasteiger partial charge in [0.05, 0.1) is 6.54 Å². The zero-order valence-corrected chi connectivity index (χ0v) is 20.4. The predicted octanol–water partition coefficient (Wildman–Crippen LogP) is 0.721. The topological polar surface area (TPSA) is 171 Å². The van der Waals surface area contributed by atoms with Crippen LogP contribution >= 0.6 is 0 Å². The monoisotopic (exact) mass is 498 g/mol. The summed E-state index contributed by atoms with van der Waals surface area (Å²) in [6.07, 6.45) is 0.712. The van der Waals surface area contributed by atoms with E-state index < -0.39 is 41.8 Å². The summed E-state index contributed by atoms with van der Waals surface area (Å²) in [6, 6.07) is 11.8. The van der Waals surface area contributed by atoms with Crippen LogP contribution in [0, 0.1) is 5.92 Å². The summed E-state index contributed by atoms with van der Waals surface area (Å²) in [4.78, 5) is 50.2. The van der Waals surface area contributed by atoms with Crippen molar-refractivity contribution < 1.29 is 29.4 Å². The maximum Gasteiger partial charge on any atom is 0.326 e. The number of phenolic OH excluding ortho intramolecular Hbond substituents is 1. The molecule has 0 spiro atoms. The van der Waals surface area contributed by atoms with E-state index in [-0.39, 0.29) is 31.1 Å². The van der Waals surface area contributed by atoms with Crippen LogP contribution in [0.4, 0.5) is 0 Å². The third-order valence-corrected chi connectivity index (χ3v) is 5.90. The number of rotatable bonds is 13. The van der Waals surface area contributed by atoms with Crippen molar-refractivity contribution in [3.63, 3.8) is 0 Å². The van der Waals surface area contributed by atoms with Crippen molar-refractivity contribution in [1.29, 1.82) is 0 Å². The molecular formula is C26H34N4O6. The normalized spacial score (nSPS) is 14.1. The van der Waals surface area contributed by atoms with E-state index in [4.69, 9.17) is 5.73 Å². The maximum absolute atomic E-state index is 13.2. The summed E-state index contributed by atoms with van der Waals surface area (Å²) >= 11 is 0. The first-order valence-electron chi connectivity index (χ1n) is 11.8. The lowest BCUT2D eigenvalue weighted by molar-refractivity contribution is -0.142. The van der Waals surface area contributed by atoms with Gasteiger partial charge in [0.2, 0.25) is 17.7 Å². The van der Waals surface area contributed by atoms with Crippen LogP contribution in [0.1, 0.15) is 31.4 Å². The highest BCUT2D eigenvalue weighted by molar-refractivity contribution is 5.94. The Bertz CT molecular complexity index is 1030. The molecule has 10 heteroatoms. The van der Waals surface area contributed by atoms with Crippen molar-refractivity contribution >= 4 is 23.7 Å². The summed E-state index contributed by atoms with van der Waals surface area (Å²) in [6.45, 7) is 3.32. The number of aromatic hydroxyl groups is 1. The molecule has 0 radical (unpaired) electrons. The lowest BCUT2D eigenvalue weighted by atomic mass is 9.96. The molecular weight excluding hydrogens is 464 g/mol. The van der Waals surface area contributed by atoms with Gasteiger partial charge in [0, 0.05) is 12.8 Å². The second-order valence-electron chi connectivity index (χ2n) is 8.66. The molecule has 4 atom stereocenters. The van der Waals surface area contributed by atoms with E-state index in [1.807, 2.05) is 37.3 Å². The van der Waals surface area contributed by atoms with E-state index >= 15 is 0 Å². The van der Waals surface area contributed by atoms with Crippen LogP contribution < -0.4 is 21.7 Å². The molecule has 0 bridgehead atoms. The number of benzene rings is 2. The molecule has 7 N–H and O–H groups in total. The SMILES string of the molecule is CCC(C)C(NC(=O)C(Cc1ccccc1)NC(=O)CN)C(=O)NC(Cc1ccc(O)cc1)C(=O)O. The van der Waals surface area contributed by atoms with Crippen molar-refractivity contribution in [3.05, 3.63) is 65.7 Å². The Balaban J connectivity index is 2.19. The standard InChI is InChI=1S/C26H34N4O6/c1-3-16(2)23(25(34)29-21(26(35)36)14-18-9-11-19(31)12-10-18)30-24(33)20(28-22(32)15-27)13-17-7-5-4-6-8-17/h4-12,16,20-21,23,31H,3,13-15,27H2,1-2H3,(H,28,32)(H,29,34)(H,30,33)(H,35,36). The predicted molar refractivity (Wildman–Crippen MR) is 134 cm³/mol. The average molecular weight is 499 g/mol. The number of nitrogens with two attached hydrogens (primary N) is 1. The van der Waals surface area contributed by atoms with Crippen LogP contribution in [-0.2, 0) is 32.0 Å². The number of carbonyl (C=O) groups excluding carboxylic acids is 3. The second kappa shape index (κ2) is 13.8. The fraction of sp³-hybridized carbons (Fsp3) is 0.385. The lowest BCUT2D eigenvalue weighted by Gasteiger charge is -2.28. The molecule has 0 saturated heterocycles. The number of hydrogen-bond acceptors (Lipinski definition) is 6. The van der Waals surface area contributed by atoms with Crippen LogP contribution in [0.3, 0.4) is 0 Å². The molecule has 194 valence electrons. The fourth-order valence-corrected chi connectivity index (χ4v) is 3.60. The Morgan fingerprint density at radius 2 is 1.42 bits per heavy atom. The van der Waals surface area contributed by atoms with Gasteiger partial charge in [-0.3, -0.25) is 14.4 Å². The molecule has 0 aromatic heterocycles. The van der Waals surface area contributed by atoms with Gasteiger partial charge in [-0.2, -0.15) is 0 Å². The van der Waals surface area contributed by atoms with E-state index in [2.05, 4.69) is 16.0 Å². The van der Waals surface area contributed by atoms with Crippen molar-refractivity contribution in [2.24, 2.45) is 11.7 Å². The van der Waals surface area contributed by atoms with Crippen LogP contribution in [0.15, 0.2) is 54.6 Å². The minimum absolute atomic E-state index is 0.00822. The first-order chi connectivity index (χ1) is 17.1. The molecule has 4 unspecified atom stereocenters. The van der Waals surface area contributed by atoms with E-state index in [0.717, 1.165) is 5.56 Å². The molecule has 2 rings (SSSR count). The maximum atomic E-state index is 13.2. The number of carbonyl (C=O) groups is 4. The first-order valence-corrected chi connectivity index (χ1v) is 11.8. The Kier molecular flexibility index (Phi) is 10.9. The summed E-state index contributed by atoms with van der Waals surface area (Å²) in [5.74, 6) is -3.25. The van der Waals surface area contributed by atoms with Gasteiger partial charge >= 0.3 is 5.97 Å². The van der Waals surface area contributed by atoms with Gasteiger partial charge in [-0.05, 0) is 29.2 Å². The minimum Gasteiger partial charge on any atom is -0.508 e. The quantitative estimate of drug-likeness (QED) is 0.236. The van der Waals surface area contributed by atoms with Gasteiger partial charge in [0.1, 0.15) is 23.9 Å². The molecule has 36 heavy (non-hydrogen) atoms. The smallest absolute Gasteiger partial charge is 0.326 e. The first kappa shape index (κ1) is 28.3. The van der Waals surface area contributed by atoms with Crippen molar-refractivity contribution in [1.82, 2.24) is 16.0 Å². The van der Waals surface area contributed by atoms with Crippen LogP contribution in [0.5, 0.6) is 5.75 Å². The highest BCUT2D eigenvalue weighted by atomic mass is 16.4. The third kappa shape index (κ3) is 8.70. The molecule has 2 aromatic rings. The summed E-state index contributed by atoms with van der Waals surface area (Å²) in [7, 11) is 0. The van der Waals surface area contributed by atoms with E-state index in [0.29, 0.717) is 12.0 Å². The number of hydrogen-bond donors (Lipinski definition) is 6. The van der Waals surface area contributed by atoms with Gasteiger partial charge in [0.15, 0.2) is 0 Å². The molecule has 0 aliphatic carbocycles. The van der Waals surface area contributed by atoms with Crippen molar-refractivity contribution in [2.75, 3.05) is 6.54 Å². The summed E-state index contributed by atoms with van der Waals surface area (Å²) < 4.78 is 0. The second-order valence-corrected chi connectivity index (χ2v) is 8.66. The third-order valence-electron chi connectivity index (χ3n) is 5.90. The number of carboxylic acid groups (broad SMARTS) is 1. The Labute approximate surface area is 210 Å². The molecule has 2 aromatic carbocycles. The van der Waals surface area contributed by atoms with Gasteiger partial charge in [0.25, 0.3) is 0 Å². The highest BCUT2D eigenvalue weighted by Crippen LogP contribution is 2.13. The highest BCUT2D eigenvalue weighted by Gasteiger charge is 2.32. The van der Waals surface area contributed by atoms with E-state index in [1.54, 1.807) is 19.1 Å². The van der Waals surface area contributed by atoms with Gasteiger partial charge < -0.3 is 31.9 Å². The fourth-order valence-electron chi connectivity index (χ4n) is 3.60. The summed E-state index contributed by atoms with van der Waals surface area (Å²) in [5.41, 5.74) is 6.82. The van der Waals surface area contributed by atoms with Gasteiger partial charge in [-0.1, -0.05) is 62.7 Å². The number of phenols is 1. The Morgan fingerprint density at radius 3 is 1.97 bits per heavy atom. The van der Waals surface area contributed by atoms with Crippen LogP contribution in [0.2, 0.25) is 0 Å². The molecule has 0 aliphatic rings. The zero-order chi connectivity index (χ0) is 26.7. The largest absolute Gasteiger partial charge is 0.508 e. The van der Waals surface area contributed by atoms with Crippen LogP contribution in [0.25, 0.3) is 0 Å². The molecule has 0 fully saturated rings. The molecule has 3 amide bonds. The number of nitrogens with one attached hydrogen (secondary N) is 3. The van der Waals surface area contributed by atoms with Crippen molar-refractivity contribution in [2.45, 2.75) is 51.2 Å². The average Bonchev–Trinajstić information content (AvgIpc) is 2.87. The molecule has 0 saturated carbocycles. The van der Waals surface area contributed by atoms with Gasteiger partial charge in [-0.25, -0.2) is 4.79 Å². The van der Waals surface area contributed by atoms with Crippen LogP contribution in [-0.4, -0.2) is 58.6 Å². The zero-order valence-electron chi connectivity index (χ0n) is 20.4. The number of amides is 3. The lowest BCUT2D eigenvalue weighted by Crippen LogP contribution is -2.58. The molecule has 10 nitrogen and oxygen atoms in total. The van der Waals surface area contributed by atoms with E-state index in [1.165, 1.54) is 12.1 Å². The van der Waals surface area contributed by atoms with Gasteiger partial charge in [-0.15, -0.1) is 0 Å². The Hall–Kier alpha value is -3.92. The van der Waals surface area contributed by atoms with Crippen molar-refractivity contribution in [3.8, 4) is 5.75 Å². The Morgan fingerprint density at radius 1 is 0.833 bits per heavy atom. The molecule has 0 aliphatic heterocycles. The van der Waals surface area contributed by atoms with E-state index in [9.17, 15) is 29.4 Å². The molecule has 0 heterocycles. The summed E-state index contributed by atoms with van der Waals surface area (Å²) in [5, 5.41) is 26.9.